The first-order valence-electron chi connectivity index (χ1n) is 8.31. The second kappa shape index (κ2) is 5.94. The van der Waals surface area contributed by atoms with Crippen molar-refractivity contribution in [1.82, 2.24) is 0 Å². The number of benzene rings is 2. The quantitative estimate of drug-likeness (QED) is 0.630. The molecule has 0 amide bonds. The first-order valence-corrected chi connectivity index (χ1v) is 8.68. The lowest BCUT2D eigenvalue weighted by Gasteiger charge is -2.26. The third-order valence-electron chi connectivity index (χ3n) is 4.78. The molecule has 0 aliphatic carbocycles. The van der Waals surface area contributed by atoms with E-state index in [1.807, 2.05) is 6.07 Å². The Balaban J connectivity index is 1.85. The van der Waals surface area contributed by atoms with Gasteiger partial charge in [0.2, 0.25) is 12.7 Å². The molecule has 0 spiro atoms. The molecule has 3 aromatic rings. The Morgan fingerprint density at radius 2 is 1.93 bits per heavy atom. The molecule has 2 N–H and O–H groups in total. The smallest absolute Gasteiger partial charge is 0.344 e. The van der Waals surface area contributed by atoms with Crippen LogP contribution in [0.5, 0.6) is 17.2 Å². The third-order valence-corrected chi connectivity index (χ3v) is 5.10. The minimum atomic E-state index is -0.864. The van der Waals surface area contributed by atoms with E-state index in [-0.39, 0.29) is 29.6 Å². The highest BCUT2D eigenvalue weighted by atomic mass is 35.5. The van der Waals surface area contributed by atoms with E-state index < -0.39 is 11.5 Å². The van der Waals surface area contributed by atoms with Crippen molar-refractivity contribution < 1.29 is 18.6 Å². The van der Waals surface area contributed by atoms with Crippen molar-refractivity contribution in [3.05, 3.63) is 74.4 Å². The summed E-state index contributed by atoms with van der Waals surface area (Å²) < 4.78 is 21.9. The van der Waals surface area contributed by atoms with Crippen LogP contribution in [0.1, 0.15) is 17.0 Å². The first-order chi connectivity index (χ1) is 13.6. The van der Waals surface area contributed by atoms with Gasteiger partial charge in [0, 0.05) is 11.1 Å². The van der Waals surface area contributed by atoms with Crippen LogP contribution >= 0.6 is 11.6 Å². The third kappa shape index (κ3) is 2.25. The van der Waals surface area contributed by atoms with Crippen molar-refractivity contribution in [2.45, 2.75) is 5.92 Å². The molecule has 0 radical (unpaired) electrons. The van der Waals surface area contributed by atoms with E-state index in [0.29, 0.717) is 33.1 Å². The van der Waals surface area contributed by atoms with Gasteiger partial charge in [0.25, 0.3) is 0 Å². The lowest BCUT2D eigenvalue weighted by molar-refractivity contribution is 0.174. The SMILES string of the molecule is N#CC1=C(N)Oc2c(c(=O)oc3ccccc23)C1c1cc2c(cc1Cl)OCO2. The van der Waals surface area contributed by atoms with Crippen LogP contribution in [0.4, 0.5) is 0 Å². The van der Waals surface area contributed by atoms with Crippen LogP contribution in [-0.2, 0) is 0 Å². The molecule has 1 aromatic heterocycles. The number of fused-ring (bicyclic) bond motifs is 4. The van der Waals surface area contributed by atoms with E-state index in [1.54, 1.807) is 36.4 Å². The number of nitriles is 1. The molecular formula is C20H11ClN2O5. The average molecular weight is 395 g/mol. The zero-order valence-electron chi connectivity index (χ0n) is 14.2. The largest absolute Gasteiger partial charge is 0.454 e. The minimum absolute atomic E-state index is 0.0648. The van der Waals surface area contributed by atoms with Gasteiger partial charge in [-0.15, -0.1) is 0 Å². The molecule has 2 aliphatic heterocycles. The summed E-state index contributed by atoms with van der Waals surface area (Å²) in [5, 5.41) is 10.6. The topological polar surface area (TPSA) is 108 Å². The van der Waals surface area contributed by atoms with Crippen molar-refractivity contribution >= 4 is 22.6 Å². The molecular weight excluding hydrogens is 384 g/mol. The Hall–Kier alpha value is -3.63. The fourth-order valence-corrected chi connectivity index (χ4v) is 3.79. The summed E-state index contributed by atoms with van der Waals surface area (Å²) in [5.41, 5.74) is 6.46. The van der Waals surface area contributed by atoms with Crippen LogP contribution in [0.25, 0.3) is 11.0 Å². The second-order valence-electron chi connectivity index (χ2n) is 6.28. The highest BCUT2D eigenvalue weighted by Gasteiger charge is 2.37. The monoisotopic (exact) mass is 394 g/mol. The highest BCUT2D eigenvalue weighted by molar-refractivity contribution is 6.31. The molecule has 2 aromatic carbocycles. The zero-order valence-corrected chi connectivity index (χ0v) is 14.9. The number of hydrogen-bond donors (Lipinski definition) is 1. The number of para-hydroxylation sites is 1. The average Bonchev–Trinajstić information content (AvgIpc) is 3.13. The molecule has 7 nitrogen and oxygen atoms in total. The number of nitrogens with two attached hydrogens (primary N) is 1. The number of allylic oxidation sites excluding steroid dienone is 1. The Labute approximate surface area is 163 Å². The van der Waals surface area contributed by atoms with Crippen molar-refractivity contribution in [3.63, 3.8) is 0 Å². The van der Waals surface area contributed by atoms with Gasteiger partial charge in [-0.3, -0.25) is 0 Å². The number of nitrogens with zero attached hydrogens (tertiary/aromatic N) is 1. The molecule has 5 rings (SSSR count). The zero-order chi connectivity index (χ0) is 19.4. The van der Waals surface area contributed by atoms with Crippen molar-refractivity contribution in [2.24, 2.45) is 5.73 Å². The van der Waals surface area contributed by atoms with Gasteiger partial charge in [-0.05, 0) is 23.8 Å². The van der Waals surface area contributed by atoms with Crippen LogP contribution in [0.2, 0.25) is 5.02 Å². The summed E-state index contributed by atoms with van der Waals surface area (Å²) in [7, 11) is 0. The first kappa shape index (κ1) is 16.5. The Bertz CT molecular complexity index is 1290. The Morgan fingerprint density at radius 1 is 1.18 bits per heavy atom. The molecule has 0 bridgehead atoms. The molecule has 0 fully saturated rings. The number of hydrogen-bond acceptors (Lipinski definition) is 7. The Morgan fingerprint density at radius 3 is 2.71 bits per heavy atom. The van der Waals surface area contributed by atoms with E-state index in [4.69, 9.17) is 36.0 Å². The van der Waals surface area contributed by atoms with Crippen molar-refractivity contribution in [1.29, 1.82) is 5.26 Å². The second-order valence-corrected chi connectivity index (χ2v) is 6.69. The van der Waals surface area contributed by atoms with Crippen LogP contribution in [-0.4, -0.2) is 6.79 Å². The maximum absolute atomic E-state index is 12.9. The number of ether oxygens (including phenoxy) is 3. The number of rotatable bonds is 1. The maximum Gasteiger partial charge on any atom is 0.344 e. The van der Waals surface area contributed by atoms with Crippen LogP contribution < -0.4 is 25.6 Å². The van der Waals surface area contributed by atoms with Gasteiger partial charge in [0.1, 0.15) is 17.2 Å². The summed E-state index contributed by atoms with van der Waals surface area (Å²) in [6.07, 6.45) is 0. The van der Waals surface area contributed by atoms with Crippen LogP contribution in [0.3, 0.4) is 0 Å². The maximum atomic E-state index is 12.9. The molecule has 138 valence electrons. The summed E-state index contributed by atoms with van der Waals surface area (Å²) in [6, 6.07) is 12.2. The molecule has 1 atom stereocenters. The molecule has 0 saturated heterocycles. The minimum Gasteiger partial charge on any atom is -0.454 e. The standard InChI is InChI=1S/C20H11ClN2O5/c21-12-6-15-14(25-8-26-15)5-10(12)16-11(7-22)19(23)28-18-9-3-1-2-4-13(9)27-20(24)17(16)18/h1-6,16H,8,23H2. The fraction of sp³-hybridized carbons (Fsp3) is 0.100. The van der Waals surface area contributed by atoms with Gasteiger partial charge >= 0.3 is 5.63 Å². The molecule has 2 aliphatic rings. The number of halogens is 1. The van der Waals surface area contributed by atoms with E-state index in [2.05, 4.69) is 0 Å². The normalized spacial score (nSPS) is 17.2. The highest BCUT2D eigenvalue weighted by Crippen LogP contribution is 2.48. The Kier molecular flexibility index (Phi) is 3.51. The van der Waals surface area contributed by atoms with Gasteiger partial charge in [-0.1, -0.05) is 23.7 Å². The van der Waals surface area contributed by atoms with Crippen LogP contribution in [0, 0.1) is 11.3 Å². The van der Waals surface area contributed by atoms with E-state index in [9.17, 15) is 10.1 Å². The summed E-state index contributed by atoms with van der Waals surface area (Å²) >= 11 is 6.47. The van der Waals surface area contributed by atoms with Gasteiger partial charge < -0.3 is 24.4 Å². The molecule has 28 heavy (non-hydrogen) atoms. The molecule has 3 heterocycles. The summed E-state index contributed by atoms with van der Waals surface area (Å²) in [4.78, 5) is 12.9. The summed E-state index contributed by atoms with van der Waals surface area (Å²) in [6.45, 7) is 0.0648. The van der Waals surface area contributed by atoms with Gasteiger partial charge in [0.15, 0.2) is 17.2 Å². The fourth-order valence-electron chi connectivity index (χ4n) is 3.53. The summed E-state index contributed by atoms with van der Waals surface area (Å²) in [5.74, 6) is 0.249. The van der Waals surface area contributed by atoms with E-state index in [1.165, 1.54) is 0 Å². The molecule has 0 saturated carbocycles. The van der Waals surface area contributed by atoms with E-state index >= 15 is 0 Å². The predicted molar refractivity (Wildman–Crippen MR) is 99.4 cm³/mol. The van der Waals surface area contributed by atoms with Crippen molar-refractivity contribution in [3.8, 4) is 23.3 Å². The lowest BCUT2D eigenvalue weighted by atomic mass is 9.83. The van der Waals surface area contributed by atoms with Crippen molar-refractivity contribution in [2.75, 3.05) is 6.79 Å². The van der Waals surface area contributed by atoms with Gasteiger partial charge in [0.05, 0.1) is 16.9 Å². The van der Waals surface area contributed by atoms with Gasteiger partial charge in [-0.25, -0.2) is 4.79 Å². The molecule has 1 unspecified atom stereocenters. The lowest BCUT2D eigenvalue weighted by Crippen LogP contribution is -2.26. The van der Waals surface area contributed by atoms with Crippen LogP contribution in [0.15, 0.2) is 57.1 Å². The predicted octanol–water partition coefficient (Wildman–Crippen LogP) is 3.39. The molecule has 8 heteroatoms. The van der Waals surface area contributed by atoms with Gasteiger partial charge in [-0.2, -0.15) is 5.26 Å². The van der Waals surface area contributed by atoms with E-state index in [0.717, 1.165) is 0 Å².